The molecule has 7 heteroatoms. The third-order valence-corrected chi connectivity index (χ3v) is 4.99. The maximum atomic E-state index is 11.6. The van der Waals surface area contributed by atoms with E-state index in [0.717, 1.165) is 19.8 Å². The van der Waals surface area contributed by atoms with Crippen LogP contribution in [0.25, 0.3) is 0 Å². The lowest BCUT2D eigenvalue weighted by Crippen LogP contribution is -2.30. The maximum Gasteiger partial charge on any atom is 0.300 e. The van der Waals surface area contributed by atoms with E-state index in [4.69, 9.17) is 9.90 Å². The van der Waals surface area contributed by atoms with E-state index in [1.54, 1.807) is 12.1 Å². The lowest BCUT2D eigenvalue weighted by Gasteiger charge is -2.18. The van der Waals surface area contributed by atoms with Crippen LogP contribution in [0.1, 0.15) is 37.5 Å². The number of aliphatic carboxylic acids is 1. The van der Waals surface area contributed by atoms with Crippen molar-refractivity contribution >= 4 is 17.1 Å². The van der Waals surface area contributed by atoms with Gasteiger partial charge in [0.1, 0.15) is 6.26 Å². The predicted octanol–water partition coefficient (Wildman–Crippen LogP) is 2.86. The molecule has 0 bridgehead atoms. The number of nitrogens with one attached hydrogen (secondary N) is 1. The zero-order valence-electron chi connectivity index (χ0n) is 16.5. The molecule has 0 spiro atoms. The van der Waals surface area contributed by atoms with E-state index in [9.17, 15) is 14.8 Å². The first kappa shape index (κ1) is 24.0. The molecule has 0 amide bonds. The minimum atomic E-state index is -1.29. The molecule has 0 aliphatic rings. The predicted molar refractivity (Wildman–Crippen MR) is 111 cm³/mol. The quantitative estimate of drug-likeness (QED) is 0.501. The van der Waals surface area contributed by atoms with Crippen molar-refractivity contribution in [3.63, 3.8) is 0 Å². The van der Waals surface area contributed by atoms with Crippen molar-refractivity contribution in [3.8, 4) is 5.75 Å². The van der Waals surface area contributed by atoms with E-state index in [1.165, 1.54) is 17.9 Å². The maximum absolute atomic E-state index is 11.6. The number of phenols is 1. The Morgan fingerprint density at radius 3 is 2.39 bits per heavy atom. The number of aliphatic hydroxyl groups excluding tert-OH is 1. The number of aromatic hydroxyl groups is 1. The van der Waals surface area contributed by atoms with Gasteiger partial charge in [0.05, 0.1) is 6.10 Å². The fourth-order valence-corrected chi connectivity index (χ4v) is 3.19. The van der Waals surface area contributed by atoms with E-state index in [-0.39, 0.29) is 11.8 Å². The second-order valence-corrected chi connectivity index (χ2v) is 7.90. The summed E-state index contributed by atoms with van der Waals surface area (Å²) in [5.74, 6) is -0.837. The first-order chi connectivity index (χ1) is 13.2. The van der Waals surface area contributed by atoms with Crippen molar-refractivity contribution in [2.75, 3.05) is 12.8 Å². The summed E-state index contributed by atoms with van der Waals surface area (Å²) >= 11 is -1.29. The Balaban J connectivity index is 0.000000892. The van der Waals surface area contributed by atoms with Crippen molar-refractivity contribution in [2.24, 2.45) is 0 Å². The van der Waals surface area contributed by atoms with Gasteiger partial charge in [0.25, 0.3) is 5.97 Å². The van der Waals surface area contributed by atoms with Crippen LogP contribution in [0.5, 0.6) is 5.75 Å². The summed E-state index contributed by atoms with van der Waals surface area (Å²) in [6, 6.07) is 15.3. The highest BCUT2D eigenvalue weighted by Gasteiger charge is 2.16. The molecule has 0 heterocycles. The van der Waals surface area contributed by atoms with Gasteiger partial charge in [-0.1, -0.05) is 36.4 Å². The summed E-state index contributed by atoms with van der Waals surface area (Å²) in [6.45, 7) is 3.59. The molecule has 0 aliphatic heterocycles. The van der Waals surface area contributed by atoms with Crippen LogP contribution >= 0.6 is 0 Å². The van der Waals surface area contributed by atoms with E-state index in [0.29, 0.717) is 17.0 Å². The second-order valence-electron chi connectivity index (χ2n) is 6.55. The van der Waals surface area contributed by atoms with Gasteiger partial charge >= 0.3 is 0 Å². The second kappa shape index (κ2) is 12.4. The van der Waals surface area contributed by atoms with Gasteiger partial charge in [-0.2, -0.15) is 0 Å². The molecule has 2 aromatic rings. The Kier molecular flexibility index (Phi) is 10.6. The number of aliphatic hydroxyl groups is 1. The highest BCUT2D eigenvalue weighted by Crippen LogP contribution is 2.26. The molecule has 28 heavy (non-hydrogen) atoms. The zero-order valence-corrected chi connectivity index (χ0v) is 17.3. The minimum Gasteiger partial charge on any atom is -0.612 e. The smallest absolute Gasteiger partial charge is 0.300 e. The number of carboxylic acid groups (broad SMARTS) is 1. The molecule has 4 N–H and O–H groups in total. The Morgan fingerprint density at radius 1 is 1.21 bits per heavy atom. The molecule has 0 radical (unpaired) electrons. The summed E-state index contributed by atoms with van der Waals surface area (Å²) in [4.78, 5) is 9.35. The number of phenolic OH excluding ortho intramolecular Hbond substituents is 1. The van der Waals surface area contributed by atoms with Crippen molar-refractivity contribution in [2.45, 2.75) is 43.7 Å². The van der Waals surface area contributed by atoms with Crippen LogP contribution in [-0.2, 0) is 22.4 Å². The summed E-state index contributed by atoms with van der Waals surface area (Å²) in [6.07, 6.45) is 2.78. The van der Waals surface area contributed by atoms with Crippen LogP contribution in [-0.4, -0.2) is 44.7 Å². The molecule has 0 saturated carbocycles. The van der Waals surface area contributed by atoms with Crippen molar-refractivity contribution < 1.29 is 24.7 Å². The third kappa shape index (κ3) is 9.23. The zero-order chi connectivity index (χ0) is 21.1. The Morgan fingerprint density at radius 2 is 1.82 bits per heavy atom. The van der Waals surface area contributed by atoms with E-state index in [2.05, 4.69) is 24.4 Å². The summed E-state index contributed by atoms with van der Waals surface area (Å²) in [7, 11) is 0. The summed E-state index contributed by atoms with van der Waals surface area (Å²) in [5.41, 5.74) is 1.96. The highest BCUT2D eigenvalue weighted by molar-refractivity contribution is 7.90. The molecule has 0 aromatic heterocycles. The lowest BCUT2D eigenvalue weighted by molar-refractivity contribution is -0.134. The van der Waals surface area contributed by atoms with E-state index < -0.39 is 23.2 Å². The van der Waals surface area contributed by atoms with Gasteiger partial charge < -0.3 is 25.2 Å². The number of aryl methyl sites for hydroxylation is 1. The Bertz CT molecular complexity index is 720. The van der Waals surface area contributed by atoms with Crippen LogP contribution < -0.4 is 5.32 Å². The average molecular weight is 408 g/mol. The van der Waals surface area contributed by atoms with Gasteiger partial charge in [0.2, 0.25) is 0 Å². The fraction of sp³-hybridized carbons (Fsp3) is 0.381. The van der Waals surface area contributed by atoms with E-state index >= 15 is 0 Å². The number of benzene rings is 2. The molecular formula is C21H29NO5S. The molecule has 0 aliphatic carbocycles. The number of rotatable bonds is 8. The summed E-state index contributed by atoms with van der Waals surface area (Å²) in [5, 5.41) is 30.7. The van der Waals surface area contributed by atoms with Crippen molar-refractivity contribution in [1.29, 1.82) is 0 Å². The average Bonchev–Trinajstić information content (AvgIpc) is 2.65. The number of hydrogen-bond donors (Lipinski definition) is 4. The molecule has 154 valence electrons. The van der Waals surface area contributed by atoms with Gasteiger partial charge in [-0.15, -0.1) is 0 Å². The molecule has 0 saturated heterocycles. The molecule has 2 rings (SSSR count). The molecule has 2 aromatic carbocycles. The number of hydrogen-bond acceptors (Lipinski definition) is 5. The standard InChI is InChI=1S/C19H25NO3S.C2H4O2/c1-14(8-9-15-6-4-3-5-7-15)20-13-18(22)16-10-11-17(21)19(12-16)24(2)23;1-2(3)4/h3-7,10-12,14,18,20-22H,8-9,13H2,1-2H3;1H3,(H,3,4). The monoisotopic (exact) mass is 407 g/mol. The van der Waals surface area contributed by atoms with Gasteiger partial charge in [0.15, 0.2) is 10.6 Å². The van der Waals surface area contributed by atoms with Crippen molar-refractivity contribution in [1.82, 2.24) is 5.32 Å². The van der Waals surface area contributed by atoms with Gasteiger partial charge in [-0.3, -0.25) is 4.79 Å². The van der Waals surface area contributed by atoms with Gasteiger partial charge in [-0.25, -0.2) is 0 Å². The van der Waals surface area contributed by atoms with Crippen LogP contribution in [0.4, 0.5) is 0 Å². The Labute approximate surface area is 169 Å². The van der Waals surface area contributed by atoms with E-state index in [1.807, 2.05) is 18.2 Å². The molecule has 0 fully saturated rings. The lowest BCUT2D eigenvalue weighted by atomic mass is 10.1. The van der Waals surface area contributed by atoms with Crippen LogP contribution in [0.15, 0.2) is 53.4 Å². The van der Waals surface area contributed by atoms with Gasteiger partial charge in [0, 0.05) is 25.6 Å². The highest BCUT2D eigenvalue weighted by atomic mass is 32.2. The summed E-state index contributed by atoms with van der Waals surface area (Å²) < 4.78 is 11.6. The van der Waals surface area contributed by atoms with Crippen LogP contribution in [0.3, 0.4) is 0 Å². The van der Waals surface area contributed by atoms with Crippen molar-refractivity contribution in [3.05, 3.63) is 59.7 Å². The molecule has 6 nitrogen and oxygen atoms in total. The van der Waals surface area contributed by atoms with Crippen LogP contribution in [0.2, 0.25) is 0 Å². The first-order valence-corrected chi connectivity index (χ1v) is 10.6. The SMILES string of the molecule is CC(=O)O.CC(CCc1ccccc1)NCC(O)c1ccc(O)c([S+](C)[O-])c1. The molecular weight excluding hydrogens is 378 g/mol. The molecule has 3 unspecified atom stereocenters. The normalized spacial score (nSPS) is 13.8. The molecule has 3 atom stereocenters. The fourth-order valence-electron chi connectivity index (χ4n) is 2.53. The Hall–Kier alpha value is -2.06. The first-order valence-electron chi connectivity index (χ1n) is 9.02. The minimum absolute atomic E-state index is 0.00373. The third-order valence-electron chi connectivity index (χ3n) is 4.05. The van der Waals surface area contributed by atoms with Crippen LogP contribution in [0, 0.1) is 0 Å². The number of carbonyl (C=O) groups is 1. The largest absolute Gasteiger partial charge is 0.612 e. The van der Waals surface area contributed by atoms with Gasteiger partial charge in [-0.05, 0) is 48.1 Å². The topological polar surface area (TPSA) is 113 Å². The number of carboxylic acids is 1.